The third-order valence-corrected chi connectivity index (χ3v) is 6.61. The van der Waals surface area contributed by atoms with Crippen molar-refractivity contribution >= 4 is 16.9 Å². The lowest BCUT2D eigenvalue weighted by atomic mass is 9.92. The van der Waals surface area contributed by atoms with Gasteiger partial charge in [0.15, 0.2) is 0 Å². The highest BCUT2D eigenvalue weighted by Crippen LogP contribution is 2.31. The van der Waals surface area contributed by atoms with Gasteiger partial charge in [-0.15, -0.1) is 0 Å². The lowest BCUT2D eigenvalue weighted by Gasteiger charge is -2.34. The Hall–Kier alpha value is -2.58. The van der Waals surface area contributed by atoms with Gasteiger partial charge in [0.2, 0.25) is 0 Å². The highest BCUT2D eigenvalue weighted by Gasteiger charge is 2.22. The number of hydrogen-bond acceptors (Lipinski definition) is 2. The molecule has 0 radical (unpaired) electrons. The van der Waals surface area contributed by atoms with Crippen LogP contribution < -0.4 is 5.32 Å². The van der Waals surface area contributed by atoms with Crippen molar-refractivity contribution in [3.8, 4) is 0 Å². The Morgan fingerprint density at radius 2 is 1.82 bits per heavy atom. The molecule has 2 nitrogen and oxygen atoms in total. The maximum absolute atomic E-state index is 3.75. The lowest BCUT2D eigenvalue weighted by molar-refractivity contribution is 0.177. The number of anilines is 2. The molecule has 182 valence electrons. The first-order valence-electron chi connectivity index (χ1n) is 12.8. The molecule has 3 rings (SSSR count). The van der Waals surface area contributed by atoms with Gasteiger partial charge >= 0.3 is 0 Å². The van der Waals surface area contributed by atoms with Gasteiger partial charge < -0.3 is 5.32 Å². The number of nitrogens with one attached hydrogen (secondary N) is 1. The van der Waals surface area contributed by atoms with E-state index < -0.39 is 0 Å². The van der Waals surface area contributed by atoms with E-state index in [9.17, 15) is 0 Å². The van der Waals surface area contributed by atoms with E-state index in [4.69, 9.17) is 0 Å². The van der Waals surface area contributed by atoms with E-state index in [1.165, 1.54) is 44.7 Å². The molecule has 0 atom stereocenters. The second kappa shape index (κ2) is 11.2. The van der Waals surface area contributed by atoms with Crippen molar-refractivity contribution in [3.63, 3.8) is 0 Å². The molecule has 34 heavy (non-hydrogen) atoms. The van der Waals surface area contributed by atoms with Crippen LogP contribution in [0, 0.1) is 12.3 Å². The Morgan fingerprint density at radius 1 is 1.06 bits per heavy atom. The summed E-state index contributed by atoms with van der Waals surface area (Å²) in [6.07, 6.45) is 8.94. The molecule has 0 bridgehead atoms. The Kier molecular flexibility index (Phi) is 8.60. The molecule has 0 spiro atoms. The maximum atomic E-state index is 3.75. The van der Waals surface area contributed by atoms with Gasteiger partial charge in [0, 0.05) is 31.0 Å². The van der Waals surface area contributed by atoms with Gasteiger partial charge in [-0.2, -0.15) is 0 Å². The van der Waals surface area contributed by atoms with Crippen molar-refractivity contribution in [2.75, 3.05) is 18.4 Å². The van der Waals surface area contributed by atoms with E-state index in [2.05, 4.69) is 120 Å². The van der Waals surface area contributed by atoms with Crippen molar-refractivity contribution in [2.45, 2.75) is 74.8 Å². The van der Waals surface area contributed by atoms with Crippen molar-refractivity contribution in [1.82, 2.24) is 4.90 Å². The van der Waals surface area contributed by atoms with Crippen LogP contribution >= 0.6 is 0 Å². The van der Waals surface area contributed by atoms with Gasteiger partial charge in [0.05, 0.1) is 0 Å². The summed E-state index contributed by atoms with van der Waals surface area (Å²) in [4.78, 5) is 2.59. The zero-order chi connectivity index (χ0) is 24.9. The molecule has 1 heterocycles. The summed E-state index contributed by atoms with van der Waals surface area (Å²) in [5, 5.41) is 3.75. The van der Waals surface area contributed by atoms with Crippen LogP contribution in [-0.4, -0.2) is 18.0 Å². The molecule has 1 aliphatic rings. The lowest BCUT2D eigenvalue weighted by Crippen LogP contribution is -2.37. The standard InChI is InChI=1S/C32H44N2/c1-9-23(2)19-24(3)13-14-25(4)30-20-28(16-15-26(30)5)33-31-12-10-11-27-21-34(18-17-29(27)31)22-32(6,7)8/h10-16,19-20,33H,9,17-18,21-22H2,1-8H3/b23-19+,24-13-,25-14+. The number of rotatable bonds is 7. The summed E-state index contributed by atoms with van der Waals surface area (Å²) in [5.74, 6) is 0. The van der Waals surface area contributed by atoms with Gasteiger partial charge in [-0.25, -0.2) is 0 Å². The number of benzene rings is 2. The van der Waals surface area contributed by atoms with E-state index in [0.717, 1.165) is 38.2 Å². The third kappa shape index (κ3) is 7.21. The number of fused-ring (bicyclic) bond motifs is 1. The van der Waals surface area contributed by atoms with Crippen LogP contribution in [0.3, 0.4) is 0 Å². The van der Waals surface area contributed by atoms with Gasteiger partial charge in [-0.3, -0.25) is 4.90 Å². The molecule has 0 aromatic heterocycles. The number of allylic oxidation sites excluding steroid dienone is 6. The molecule has 2 aromatic rings. The van der Waals surface area contributed by atoms with Crippen LogP contribution in [-0.2, 0) is 13.0 Å². The average molecular weight is 457 g/mol. The van der Waals surface area contributed by atoms with Crippen LogP contribution in [0.1, 0.15) is 77.1 Å². The summed E-state index contributed by atoms with van der Waals surface area (Å²) in [7, 11) is 0. The quantitative estimate of drug-likeness (QED) is 0.419. The fourth-order valence-electron chi connectivity index (χ4n) is 4.76. The summed E-state index contributed by atoms with van der Waals surface area (Å²) in [6.45, 7) is 21.3. The summed E-state index contributed by atoms with van der Waals surface area (Å²) in [5.41, 5.74) is 12.3. The maximum Gasteiger partial charge on any atom is 0.0420 e. The normalized spacial score (nSPS) is 15.9. The first-order chi connectivity index (χ1) is 16.1. The molecule has 1 aliphatic heterocycles. The van der Waals surface area contributed by atoms with Gasteiger partial charge in [-0.1, -0.05) is 75.3 Å². The van der Waals surface area contributed by atoms with Crippen LogP contribution in [0.2, 0.25) is 0 Å². The van der Waals surface area contributed by atoms with Crippen molar-refractivity contribution in [1.29, 1.82) is 0 Å². The van der Waals surface area contributed by atoms with Crippen LogP contribution in [0.15, 0.2) is 65.8 Å². The van der Waals surface area contributed by atoms with Crippen LogP contribution in [0.25, 0.3) is 5.57 Å². The van der Waals surface area contributed by atoms with Gasteiger partial charge in [0.1, 0.15) is 0 Å². The molecule has 0 saturated heterocycles. The molecule has 2 heteroatoms. The minimum Gasteiger partial charge on any atom is -0.355 e. The molecular weight excluding hydrogens is 412 g/mol. The third-order valence-electron chi connectivity index (χ3n) is 6.61. The van der Waals surface area contributed by atoms with Crippen LogP contribution in [0.4, 0.5) is 11.4 Å². The topological polar surface area (TPSA) is 15.3 Å². The molecule has 0 amide bonds. The molecular formula is C32H44N2. The fourth-order valence-corrected chi connectivity index (χ4v) is 4.76. The number of aryl methyl sites for hydroxylation is 1. The van der Waals surface area contributed by atoms with E-state index in [1.807, 2.05) is 0 Å². The van der Waals surface area contributed by atoms with E-state index in [1.54, 1.807) is 0 Å². The van der Waals surface area contributed by atoms with E-state index in [-0.39, 0.29) is 0 Å². The minimum atomic E-state index is 0.329. The largest absolute Gasteiger partial charge is 0.355 e. The SMILES string of the molecule is CC/C(C)=C/C(C)=C\C=C(/C)c1cc(Nc2cccc3c2CCN(CC(C)(C)C)C3)ccc1C. The highest BCUT2D eigenvalue weighted by molar-refractivity contribution is 5.74. The predicted molar refractivity (Wildman–Crippen MR) is 151 cm³/mol. The van der Waals surface area contributed by atoms with E-state index in [0.29, 0.717) is 5.41 Å². The van der Waals surface area contributed by atoms with Crippen LogP contribution in [0.5, 0.6) is 0 Å². The van der Waals surface area contributed by atoms with Crippen molar-refractivity contribution in [3.05, 3.63) is 88.0 Å². The Morgan fingerprint density at radius 3 is 2.53 bits per heavy atom. The number of nitrogens with zero attached hydrogens (tertiary/aromatic N) is 1. The molecule has 0 fully saturated rings. The summed E-state index contributed by atoms with van der Waals surface area (Å²) < 4.78 is 0. The average Bonchev–Trinajstić information content (AvgIpc) is 2.77. The fraction of sp³-hybridized carbons (Fsp3) is 0.438. The Bertz CT molecular complexity index is 1090. The second-order valence-corrected chi connectivity index (χ2v) is 11.2. The van der Waals surface area contributed by atoms with Gasteiger partial charge in [-0.05, 0) is 92.0 Å². The van der Waals surface area contributed by atoms with Crippen molar-refractivity contribution < 1.29 is 0 Å². The Balaban J connectivity index is 1.81. The first-order valence-corrected chi connectivity index (χ1v) is 12.8. The first kappa shape index (κ1) is 26.0. The summed E-state index contributed by atoms with van der Waals surface area (Å²) >= 11 is 0. The zero-order valence-corrected chi connectivity index (χ0v) is 22.7. The minimum absolute atomic E-state index is 0.329. The zero-order valence-electron chi connectivity index (χ0n) is 22.7. The van der Waals surface area contributed by atoms with Gasteiger partial charge in [0.25, 0.3) is 0 Å². The highest BCUT2D eigenvalue weighted by atomic mass is 15.1. The smallest absolute Gasteiger partial charge is 0.0420 e. The molecule has 0 saturated carbocycles. The molecule has 1 N–H and O–H groups in total. The summed E-state index contributed by atoms with van der Waals surface area (Å²) in [6, 6.07) is 13.5. The predicted octanol–water partition coefficient (Wildman–Crippen LogP) is 8.85. The number of hydrogen-bond donors (Lipinski definition) is 1. The Labute approximate surface area is 208 Å². The van der Waals surface area contributed by atoms with E-state index >= 15 is 0 Å². The molecule has 2 aromatic carbocycles. The second-order valence-electron chi connectivity index (χ2n) is 11.2. The monoisotopic (exact) mass is 456 g/mol. The molecule has 0 unspecified atom stereocenters. The molecule has 0 aliphatic carbocycles. The van der Waals surface area contributed by atoms with Crippen molar-refractivity contribution in [2.24, 2.45) is 5.41 Å².